The fourth-order valence-corrected chi connectivity index (χ4v) is 9.91. The standard InChI is InChI=1S/C32H57NO4/c1-5-6-7-8-9-10-17-33-29(37)14-11-21(2)24-12-13-25-30-26(20-28(36)32(24,25)4)31(3)16-15-23(34)18-22(31)19-27(30)35/h21-28,30,34-36H,5-20H2,1-4H3,(H,33,37)/t21-,22?,23-,24-,25+,26+,27-,28+,30?,31+,32-/m1/s1. The molecule has 4 fully saturated rings. The molecule has 4 rings (SSSR count). The number of hydrogen-bond donors (Lipinski definition) is 4. The largest absolute Gasteiger partial charge is 0.393 e. The number of aliphatic hydroxyl groups is 3. The molecule has 4 N–H and O–H groups in total. The van der Waals surface area contributed by atoms with Crippen LogP contribution in [0.1, 0.15) is 124 Å². The van der Waals surface area contributed by atoms with Gasteiger partial charge >= 0.3 is 0 Å². The van der Waals surface area contributed by atoms with E-state index in [4.69, 9.17) is 0 Å². The molecule has 4 aliphatic rings. The Morgan fingerprint density at radius 3 is 2.43 bits per heavy atom. The van der Waals surface area contributed by atoms with Gasteiger partial charge in [-0.25, -0.2) is 0 Å². The summed E-state index contributed by atoms with van der Waals surface area (Å²) in [5.74, 6) is 2.24. The smallest absolute Gasteiger partial charge is 0.220 e. The van der Waals surface area contributed by atoms with Gasteiger partial charge in [-0.1, -0.05) is 59.8 Å². The summed E-state index contributed by atoms with van der Waals surface area (Å²) < 4.78 is 0. The van der Waals surface area contributed by atoms with Crippen molar-refractivity contribution < 1.29 is 20.1 Å². The molecular formula is C32H57NO4. The van der Waals surface area contributed by atoms with Gasteiger partial charge in [0.15, 0.2) is 0 Å². The van der Waals surface area contributed by atoms with Gasteiger partial charge in [0.05, 0.1) is 18.3 Å². The summed E-state index contributed by atoms with van der Waals surface area (Å²) in [4.78, 5) is 12.5. The van der Waals surface area contributed by atoms with Gasteiger partial charge in [-0.15, -0.1) is 0 Å². The summed E-state index contributed by atoms with van der Waals surface area (Å²) in [6.45, 7) is 10.0. The Hall–Kier alpha value is -0.650. The lowest BCUT2D eigenvalue weighted by atomic mass is 9.43. The summed E-state index contributed by atoms with van der Waals surface area (Å²) >= 11 is 0. The van der Waals surface area contributed by atoms with Gasteiger partial charge in [-0.05, 0) is 104 Å². The molecule has 2 unspecified atom stereocenters. The highest BCUT2D eigenvalue weighted by Gasteiger charge is 2.65. The molecule has 0 aliphatic heterocycles. The molecule has 0 heterocycles. The van der Waals surface area contributed by atoms with Crippen LogP contribution >= 0.6 is 0 Å². The lowest BCUT2D eigenvalue weighted by Crippen LogP contribution is -2.62. The SMILES string of the molecule is CCCCCCCCNC(=O)CC[C@@H](C)[C@H]1CC[C@H]2C3[C@H](O)CC4C[C@H](O)CC[C@]4(C)[C@H]3C[C@H](O)[C@]12C. The van der Waals surface area contributed by atoms with E-state index >= 15 is 0 Å². The van der Waals surface area contributed by atoms with Crippen molar-refractivity contribution >= 4 is 5.91 Å². The number of amides is 1. The minimum atomic E-state index is -0.357. The van der Waals surface area contributed by atoms with Crippen LogP contribution in [-0.4, -0.2) is 46.1 Å². The minimum absolute atomic E-state index is 0.114. The Morgan fingerprint density at radius 2 is 1.68 bits per heavy atom. The van der Waals surface area contributed by atoms with Gasteiger partial charge in [0, 0.05) is 13.0 Å². The van der Waals surface area contributed by atoms with Crippen molar-refractivity contribution in [2.75, 3.05) is 6.54 Å². The lowest BCUT2D eigenvalue weighted by Gasteiger charge is -2.63. The molecule has 0 saturated heterocycles. The Kier molecular flexibility index (Phi) is 9.71. The topological polar surface area (TPSA) is 89.8 Å². The zero-order chi connectivity index (χ0) is 26.8. The molecule has 214 valence electrons. The highest BCUT2D eigenvalue weighted by atomic mass is 16.3. The molecule has 0 bridgehead atoms. The third kappa shape index (κ3) is 5.80. The Labute approximate surface area is 226 Å². The molecule has 4 aliphatic carbocycles. The van der Waals surface area contributed by atoms with Crippen molar-refractivity contribution in [2.45, 2.75) is 142 Å². The molecule has 0 radical (unpaired) electrons. The van der Waals surface area contributed by atoms with Crippen LogP contribution in [0.4, 0.5) is 0 Å². The number of unbranched alkanes of at least 4 members (excludes halogenated alkanes) is 5. The third-order valence-corrected chi connectivity index (χ3v) is 12.2. The first-order valence-corrected chi connectivity index (χ1v) is 15.9. The van der Waals surface area contributed by atoms with E-state index in [-0.39, 0.29) is 41.0 Å². The van der Waals surface area contributed by atoms with E-state index in [9.17, 15) is 20.1 Å². The molecule has 0 aromatic rings. The quantitative estimate of drug-likeness (QED) is 0.258. The molecule has 1 amide bonds. The number of carbonyl (C=O) groups excluding carboxylic acids is 1. The lowest BCUT2D eigenvalue weighted by molar-refractivity contribution is -0.207. The maximum absolute atomic E-state index is 12.5. The van der Waals surface area contributed by atoms with E-state index in [2.05, 4.69) is 33.0 Å². The van der Waals surface area contributed by atoms with E-state index in [0.717, 1.165) is 64.3 Å². The average molecular weight is 520 g/mol. The zero-order valence-electron chi connectivity index (χ0n) is 24.3. The molecule has 0 aromatic carbocycles. The normalized spacial score (nSPS) is 44.0. The van der Waals surface area contributed by atoms with Crippen molar-refractivity contribution in [3.63, 3.8) is 0 Å². The second-order valence-electron chi connectivity index (χ2n) is 14.2. The Morgan fingerprint density at radius 1 is 0.946 bits per heavy atom. The van der Waals surface area contributed by atoms with Crippen LogP contribution in [0, 0.1) is 46.3 Å². The summed E-state index contributed by atoms with van der Waals surface area (Å²) in [5, 5.41) is 36.6. The Bertz CT molecular complexity index is 759. The summed E-state index contributed by atoms with van der Waals surface area (Å²) in [7, 11) is 0. The van der Waals surface area contributed by atoms with Crippen LogP contribution in [0.2, 0.25) is 0 Å². The first kappa shape index (κ1) is 29.3. The van der Waals surface area contributed by atoms with E-state index < -0.39 is 0 Å². The van der Waals surface area contributed by atoms with Gasteiger partial charge in [0.1, 0.15) is 0 Å². The number of aliphatic hydroxyl groups excluding tert-OH is 3. The van der Waals surface area contributed by atoms with Crippen LogP contribution in [0.25, 0.3) is 0 Å². The fraction of sp³-hybridized carbons (Fsp3) is 0.969. The van der Waals surface area contributed by atoms with Gasteiger partial charge in [0.25, 0.3) is 0 Å². The van der Waals surface area contributed by atoms with E-state index in [1.54, 1.807) is 0 Å². The molecule has 5 heteroatoms. The summed E-state index contributed by atoms with van der Waals surface area (Å²) in [6, 6.07) is 0. The molecule has 0 spiro atoms. The number of rotatable bonds is 11. The highest BCUT2D eigenvalue weighted by Crippen LogP contribution is 2.68. The number of carbonyl (C=O) groups is 1. The minimum Gasteiger partial charge on any atom is -0.393 e. The summed E-state index contributed by atoms with van der Waals surface area (Å²) in [5.41, 5.74) is -0.0723. The van der Waals surface area contributed by atoms with Crippen molar-refractivity contribution in [3.05, 3.63) is 0 Å². The highest BCUT2D eigenvalue weighted by molar-refractivity contribution is 5.75. The van der Waals surface area contributed by atoms with Gasteiger partial charge in [0.2, 0.25) is 5.91 Å². The van der Waals surface area contributed by atoms with E-state index in [1.165, 1.54) is 32.1 Å². The maximum atomic E-state index is 12.5. The second kappa shape index (κ2) is 12.3. The van der Waals surface area contributed by atoms with Crippen LogP contribution in [-0.2, 0) is 4.79 Å². The maximum Gasteiger partial charge on any atom is 0.220 e. The van der Waals surface area contributed by atoms with Crippen LogP contribution in [0.5, 0.6) is 0 Å². The van der Waals surface area contributed by atoms with Crippen LogP contribution < -0.4 is 5.32 Å². The predicted octanol–water partition coefficient (Wildman–Crippen LogP) is 5.84. The van der Waals surface area contributed by atoms with Gasteiger partial charge in [-0.3, -0.25) is 4.79 Å². The number of nitrogens with one attached hydrogen (secondary N) is 1. The third-order valence-electron chi connectivity index (χ3n) is 12.2. The number of fused-ring (bicyclic) bond motifs is 5. The van der Waals surface area contributed by atoms with Gasteiger partial charge < -0.3 is 20.6 Å². The van der Waals surface area contributed by atoms with Crippen molar-refractivity contribution in [3.8, 4) is 0 Å². The van der Waals surface area contributed by atoms with E-state index in [0.29, 0.717) is 36.0 Å². The predicted molar refractivity (Wildman–Crippen MR) is 149 cm³/mol. The average Bonchev–Trinajstić information content (AvgIpc) is 3.22. The van der Waals surface area contributed by atoms with Crippen molar-refractivity contribution in [1.29, 1.82) is 0 Å². The zero-order valence-corrected chi connectivity index (χ0v) is 24.3. The van der Waals surface area contributed by atoms with E-state index in [1.807, 2.05) is 0 Å². The molecule has 37 heavy (non-hydrogen) atoms. The fourth-order valence-electron chi connectivity index (χ4n) is 9.91. The number of hydrogen-bond acceptors (Lipinski definition) is 4. The van der Waals surface area contributed by atoms with Crippen molar-refractivity contribution in [1.82, 2.24) is 5.32 Å². The van der Waals surface area contributed by atoms with Crippen molar-refractivity contribution in [2.24, 2.45) is 46.3 Å². The van der Waals surface area contributed by atoms with Crippen LogP contribution in [0.15, 0.2) is 0 Å². The first-order valence-electron chi connectivity index (χ1n) is 15.9. The molecule has 5 nitrogen and oxygen atoms in total. The van der Waals surface area contributed by atoms with Crippen LogP contribution in [0.3, 0.4) is 0 Å². The summed E-state index contributed by atoms with van der Waals surface area (Å²) in [6.07, 6.45) is 14.3. The monoisotopic (exact) mass is 519 g/mol. The second-order valence-corrected chi connectivity index (χ2v) is 14.2. The molecule has 4 saturated carbocycles. The van der Waals surface area contributed by atoms with Gasteiger partial charge in [-0.2, -0.15) is 0 Å². The first-order chi connectivity index (χ1) is 17.6. The molecule has 11 atom stereocenters. The molecular weight excluding hydrogens is 462 g/mol. The Balaban J connectivity index is 1.33. The molecule has 0 aromatic heterocycles.